The molecule has 2 atom stereocenters. The molecule has 5 nitrogen and oxygen atoms in total. The number of hydrogen-bond donors (Lipinski definition) is 2. The van der Waals surface area contributed by atoms with Crippen LogP contribution in [0.15, 0.2) is 28.8 Å². The molecular weight excluding hydrogens is 432 g/mol. The highest BCUT2D eigenvalue weighted by atomic mass is 35.5. The summed E-state index contributed by atoms with van der Waals surface area (Å²) >= 11 is 12.1. The highest BCUT2D eigenvalue weighted by Crippen LogP contribution is 2.31. The van der Waals surface area contributed by atoms with Gasteiger partial charge in [-0.25, -0.2) is 4.98 Å². The maximum Gasteiger partial charge on any atom is 0.220 e. The smallest absolute Gasteiger partial charge is 0.220 e. The van der Waals surface area contributed by atoms with Crippen LogP contribution in [0.1, 0.15) is 31.6 Å². The summed E-state index contributed by atoms with van der Waals surface area (Å²) < 4.78 is 5.71. The second-order valence-corrected chi connectivity index (χ2v) is 7.19. The summed E-state index contributed by atoms with van der Waals surface area (Å²) in [5, 5.41) is 4.14. The predicted octanol–water partition coefficient (Wildman–Crippen LogP) is 4.67. The van der Waals surface area contributed by atoms with Gasteiger partial charge in [-0.3, -0.25) is 4.79 Å². The fourth-order valence-corrected chi connectivity index (χ4v) is 3.75. The zero-order valence-electron chi connectivity index (χ0n) is 14.6. The lowest BCUT2D eigenvalue weighted by atomic mass is 10.0. The topological polar surface area (TPSA) is 81.1 Å². The summed E-state index contributed by atoms with van der Waals surface area (Å²) in [4.78, 5) is 16.4. The van der Waals surface area contributed by atoms with E-state index in [-0.39, 0.29) is 36.8 Å². The van der Waals surface area contributed by atoms with Gasteiger partial charge in [0.2, 0.25) is 5.91 Å². The minimum atomic E-state index is 0. The third-order valence-electron chi connectivity index (χ3n) is 4.62. The van der Waals surface area contributed by atoms with Crippen LogP contribution in [-0.4, -0.2) is 23.5 Å². The number of oxazole rings is 1. The molecule has 1 heterocycles. The van der Waals surface area contributed by atoms with Gasteiger partial charge in [0.15, 0.2) is 11.7 Å². The number of hydrogen-bond acceptors (Lipinski definition) is 4. The van der Waals surface area contributed by atoms with Gasteiger partial charge in [-0.05, 0) is 43.5 Å². The molecular formula is C18H23Cl4N3O2. The van der Waals surface area contributed by atoms with Crippen LogP contribution in [-0.2, 0) is 11.2 Å². The third kappa shape index (κ3) is 6.26. The molecule has 2 unspecified atom stereocenters. The van der Waals surface area contributed by atoms with Crippen LogP contribution in [0, 0.1) is 5.92 Å². The van der Waals surface area contributed by atoms with Gasteiger partial charge in [-0.1, -0.05) is 29.6 Å². The summed E-state index contributed by atoms with van der Waals surface area (Å²) in [5.41, 5.74) is 6.48. The van der Waals surface area contributed by atoms with Crippen molar-refractivity contribution in [3.05, 3.63) is 40.3 Å². The Labute approximate surface area is 181 Å². The number of carbonyl (C=O) groups is 1. The molecule has 2 aromatic rings. The molecule has 150 valence electrons. The molecule has 3 rings (SSSR count). The fourth-order valence-electron chi connectivity index (χ4n) is 3.25. The van der Waals surface area contributed by atoms with Crippen molar-refractivity contribution in [2.75, 3.05) is 6.54 Å². The molecule has 1 saturated carbocycles. The number of rotatable bonds is 6. The molecule has 3 N–H and O–H groups in total. The Hall–Kier alpha value is -0.980. The predicted molar refractivity (Wildman–Crippen MR) is 113 cm³/mol. The molecule has 0 radical (unpaired) electrons. The van der Waals surface area contributed by atoms with Crippen LogP contribution < -0.4 is 11.1 Å². The van der Waals surface area contributed by atoms with E-state index in [2.05, 4.69) is 10.3 Å². The van der Waals surface area contributed by atoms with Crippen molar-refractivity contribution in [1.82, 2.24) is 10.3 Å². The molecule has 1 aliphatic carbocycles. The van der Waals surface area contributed by atoms with Gasteiger partial charge < -0.3 is 15.5 Å². The van der Waals surface area contributed by atoms with Crippen molar-refractivity contribution < 1.29 is 9.21 Å². The summed E-state index contributed by atoms with van der Waals surface area (Å²) in [6.07, 6.45) is 5.61. The number of benzene rings is 1. The molecule has 27 heavy (non-hydrogen) atoms. The largest absolute Gasteiger partial charge is 0.441 e. The van der Waals surface area contributed by atoms with Gasteiger partial charge in [0.1, 0.15) is 0 Å². The van der Waals surface area contributed by atoms with E-state index >= 15 is 0 Å². The SMILES string of the molecule is Cl.Cl.NCC1CCCC1NC(=O)CCc1ncc(-c2ccc(Cl)cc2Cl)o1. The van der Waals surface area contributed by atoms with Crippen LogP contribution in [0.4, 0.5) is 0 Å². The Kier molecular flexibility index (Phi) is 9.91. The molecule has 1 aromatic heterocycles. The first-order chi connectivity index (χ1) is 12.1. The number of amides is 1. The lowest BCUT2D eigenvalue weighted by Gasteiger charge is -2.19. The average Bonchev–Trinajstić information content (AvgIpc) is 3.22. The summed E-state index contributed by atoms with van der Waals surface area (Å²) in [7, 11) is 0. The molecule has 9 heteroatoms. The number of carbonyl (C=O) groups excluding carboxylic acids is 1. The lowest BCUT2D eigenvalue weighted by Crippen LogP contribution is -2.39. The Morgan fingerprint density at radius 3 is 2.78 bits per heavy atom. The van der Waals surface area contributed by atoms with Gasteiger partial charge in [0.25, 0.3) is 0 Å². The summed E-state index contributed by atoms with van der Waals surface area (Å²) in [5.74, 6) is 1.48. The van der Waals surface area contributed by atoms with E-state index in [1.807, 2.05) is 0 Å². The van der Waals surface area contributed by atoms with E-state index in [1.165, 1.54) is 0 Å². The minimum Gasteiger partial charge on any atom is -0.441 e. The van der Waals surface area contributed by atoms with Crippen molar-refractivity contribution in [3.63, 3.8) is 0 Å². The first-order valence-corrected chi connectivity index (χ1v) is 9.22. The number of nitrogens with zero attached hydrogens (tertiary/aromatic N) is 1. The highest BCUT2D eigenvalue weighted by molar-refractivity contribution is 6.36. The molecule has 1 aliphatic rings. The zero-order valence-corrected chi connectivity index (χ0v) is 17.8. The maximum absolute atomic E-state index is 12.1. The van der Waals surface area contributed by atoms with Crippen molar-refractivity contribution in [2.45, 2.75) is 38.1 Å². The molecule has 1 fully saturated rings. The van der Waals surface area contributed by atoms with Crippen molar-refractivity contribution in [1.29, 1.82) is 0 Å². The number of nitrogens with two attached hydrogens (primary N) is 1. The van der Waals surface area contributed by atoms with E-state index in [0.29, 0.717) is 47.0 Å². The van der Waals surface area contributed by atoms with E-state index in [0.717, 1.165) is 24.8 Å². The normalized spacial score (nSPS) is 18.5. The summed E-state index contributed by atoms with van der Waals surface area (Å²) in [6.45, 7) is 0.621. The molecule has 0 aliphatic heterocycles. The van der Waals surface area contributed by atoms with Crippen LogP contribution in [0.3, 0.4) is 0 Å². The zero-order chi connectivity index (χ0) is 17.8. The Balaban J connectivity index is 0.00000182. The van der Waals surface area contributed by atoms with Gasteiger partial charge in [-0.15, -0.1) is 24.8 Å². The minimum absolute atomic E-state index is 0. The maximum atomic E-state index is 12.1. The van der Waals surface area contributed by atoms with Gasteiger partial charge in [0.05, 0.1) is 11.2 Å². The highest BCUT2D eigenvalue weighted by Gasteiger charge is 2.27. The van der Waals surface area contributed by atoms with E-state index < -0.39 is 0 Å². The van der Waals surface area contributed by atoms with Crippen molar-refractivity contribution in [3.8, 4) is 11.3 Å². The third-order valence-corrected chi connectivity index (χ3v) is 5.17. The van der Waals surface area contributed by atoms with E-state index in [1.54, 1.807) is 24.4 Å². The van der Waals surface area contributed by atoms with E-state index in [9.17, 15) is 4.79 Å². The summed E-state index contributed by atoms with van der Waals surface area (Å²) in [6, 6.07) is 5.39. The Bertz CT molecular complexity index is 754. The number of aromatic nitrogens is 1. The standard InChI is InChI=1S/C18H21Cl2N3O2.2ClH/c19-12-4-5-13(14(20)8-12)16-10-22-18(25-16)7-6-17(24)23-15-3-1-2-11(15)9-21;;/h4-5,8,10-11,15H,1-3,6-7,9,21H2,(H,23,24);2*1H. The van der Waals surface area contributed by atoms with Crippen LogP contribution in [0.2, 0.25) is 10.0 Å². The molecule has 0 bridgehead atoms. The molecule has 1 aromatic carbocycles. The molecule has 1 amide bonds. The van der Waals surface area contributed by atoms with Gasteiger partial charge in [0, 0.05) is 29.5 Å². The fraction of sp³-hybridized carbons (Fsp3) is 0.444. The first-order valence-electron chi connectivity index (χ1n) is 8.46. The Morgan fingerprint density at radius 2 is 2.07 bits per heavy atom. The number of nitrogens with one attached hydrogen (secondary N) is 1. The van der Waals surface area contributed by atoms with Gasteiger partial charge >= 0.3 is 0 Å². The average molecular weight is 455 g/mol. The second kappa shape index (κ2) is 11.1. The quantitative estimate of drug-likeness (QED) is 0.664. The first kappa shape index (κ1) is 24.1. The molecule has 0 spiro atoms. The van der Waals surface area contributed by atoms with Crippen LogP contribution in [0.25, 0.3) is 11.3 Å². The number of halogens is 4. The van der Waals surface area contributed by atoms with Crippen LogP contribution in [0.5, 0.6) is 0 Å². The monoisotopic (exact) mass is 453 g/mol. The van der Waals surface area contributed by atoms with Gasteiger partial charge in [-0.2, -0.15) is 0 Å². The Morgan fingerprint density at radius 1 is 1.30 bits per heavy atom. The second-order valence-electron chi connectivity index (χ2n) is 6.34. The van der Waals surface area contributed by atoms with Crippen molar-refractivity contribution in [2.24, 2.45) is 11.7 Å². The molecule has 0 saturated heterocycles. The van der Waals surface area contributed by atoms with E-state index in [4.69, 9.17) is 33.4 Å². The number of aryl methyl sites for hydroxylation is 1. The lowest BCUT2D eigenvalue weighted by molar-refractivity contribution is -0.122. The van der Waals surface area contributed by atoms with Crippen molar-refractivity contribution >= 4 is 53.9 Å². The van der Waals surface area contributed by atoms with Crippen LogP contribution >= 0.6 is 48.0 Å².